The molecule has 0 saturated carbocycles. The fraction of sp³-hybridized carbons (Fsp3) is 0.333. The number of aliphatic hydroxyl groups is 1. The summed E-state index contributed by atoms with van der Waals surface area (Å²) in [6, 6.07) is 0. The summed E-state index contributed by atoms with van der Waals surface area (Å²) in [4.78, 5) is 0. The van der Waals surface area contributed by atoms with E-state index in [-0.39, 0.29) is 5.76 Å². The molecular formula is C6H12N2O. The largest absolute Gasteiger partial charge is 0.513 e. The topological polar surface area (TPSA) is 72.3 Å². The third-order valence-corrected chi connectivity index (χ3v) is 0.916. The number of nitrogens with two attached hydrogens (primary N) is 2. The molecule has 0 bridgehead atoms. The monoisotopic (exact) mass is 128 g/mol. The van der Waals surface area contributed by atoms with Crippen LogP contribution in [0.4, 0.5) is 0 Å². The molecule has 3 heteroatoms. The van der Waals surface area contributed by atoms with Crippen molar-refractivity contribution in [1.82, 2.24) is 0 Å². The summed E-state index contributed by atoms with van der Waals surface area (Å²) in [6.45, 7) is 3.29. The molecule has 0 aromatic heterocycles. The predicted octanol–water partition coefficient (Wildman–Crippen LogP) is 0.597. The van der Waals surface area contributed by atoms with Gasteiger partial charge in [-0.25, -0.2) is 0 Å². The van der Waals surface area contributed by atoms with Gasteiger partial charge in [-0.3, -0.25) is 0 Å². The van der Waals surface area contributed by atoms with Crippen LogP contribution in [0.25, 0.3) is 0 Å². The second-order valence-corrected chi connectivity index (χ2v) is 1.81. The number of aliphatic hydroxyl groups excluding tert-OH is 1. The van der Waals surface area contributed by atoms with Gasteiger partial charge in [0.1, 0.15) is 0 Å². The average molecular weight is 128 g/mol. The van der Waals surface area contributed by atoms with E-state index in [1.165, 1.54) is 6.20 Å². The first kappa shape index (κ1) is 7.88. The second-order valence-electron chi connectivity index (χ2n) is 1.81. The summed E-state index contributed by atoms with van der Waals surface area (Å²) in [5.74, 6) is 0.139. The zero-order valence-corrected chi connectivity index (χ0v) is 5.30. The van der Waals surface area contributed by atoms with Crippen LogP contribution in [-0.2, 0) is 0 Å². The maximum atomic E-state index is 8.58. The Morgan fingerprint density at radius 1 is 1.56 bits per heavy atom. The quantitative estimate of drug-likeness (QED) is 0.487. The van der Waals surface area contributed by atoms with Crippen LogP contribution in [0.3, 0.4) is 0 Å². The third-order valence-electron chi connectivity index (χ3n) is 0.916. The molecule has 0 saturated heterocycles. The van der Waals surface area contributed by atoms with Gasteiger partial charge in [-0.2, -0.15) is 0 Å². The van der Waals surface area contributed by atoms with E-state index in [1.54, 1.807) is 0 Å². The predicted molar refractivity (Wildman–Crippen MR) is 37.5 cm³/mol. The van der Waals surface area contributed by atoms with E-state index in [4.69, 9.17) is 16.6 Å². The molecule has 0 unspecified atom stereocenters. The molecule has 0 aliphatic carbocycles. The second kappa shape index (κ2) is 3.83. The molecule has 0 radical (unpaired) electrons. The van der Waals surface area contributed by atoms with Crippen molar-refractivity contribution in [1.29, 1.82) is 0 Å². The molecule has 0 aromatic carbocycles. The van der Waals surface area contributed by atoms with Gasteiger partial charge in [-0.15, -0.1) is 0 Å². The maximum absolute atomic E-state index is 8.58. The average Bonchev–Trinajstić information content (AvgIpc) is 1.83. The lowest BCUT2D eigenvalue weighted by Gasteiger charge is -1.96. The van der Waals surface area contributed by atoms with Crippen molar-refractivity contribution in [2.24, 2.45) is 11.5 Å². The molecule has 52 valence electrons. The highest BCUT2D eigenvalue weighted by atomic mass is 16.3. The molecule has 0 atom stereocenters. The Morgan fingerprint density at radius 2 is 2.11 bits per heavy atom. The van der Waals surface area contributed by atoms with Crippen molar-refractivity contribution < 1.29 is 5.11 Å². The number of allylic oxidation sites excluding steroid dienone is 2. The van der Waals surface area contributed by atoms with Crippen LogP contribution in [0.5, 0.6) is 0 Å². The van der Waals surface area contributed by atoms with Crippen LogP contribution in [-0.4, -0.2) is 5.11 Å². The molecular weight excluding hydrogens is 116 g/mol. The van der Waals surface area contributed by atoms with Crippen molar-refractivity contribution >= 4 is 0 Å². The first-order chi connectivity index (χ1) is 4.16. The summed E-state index contributed by atoms with van der Waals surface area (Å²) in [5, 5.41) is 8.58. The number of hydrogen-bond donors (Lipinski definition) is 3. The van der Waals surface area contributed by atoms with Crippen LogP contribution in [0.15, 0.2) is 24.2 Å². The van der Waals surface area contributed by atoms with Crippen molar-refractivity contribution in [3.05, 3.63) is 24.2 Å². The summed E-state index contributed by atoms with van der Waals surface area (Å²) < 4.78 is 0. The number of hydrogen-bond acceptors (Lipinski definition) is 3. The summed E-state index contributed by atoms with van der Waals surface area (Å²) in [5.41, 5.74) is 10.9. The molecule has 9 heavy (non-hydrogen) atoms. The first-order valence-corrected chi connectivity index (χ1v) is 2.69. The molecule has 0 amide bonds. The van der Waals surface area contributed by atoms with Gasteiger partial charge < -0.3 is 16.6 Å². The summed E-state index contributed by atoms with van der Waals surface area (Å²) in [7, 11) is 0. The first-order valence-electron chi connectivity index (χ1n) is 2.69. The molecule has 0 aliphatic rings. The standard InChI is InChI=1S/C6H12N2O/c1-5(9)2-3-6(8)4-7/h4,9H,1-3,7-8H2/b6-4-. The van der Waals surface area contributed by atoms with E-state index in [0.717, 1.165) is 0 Å². The van der Waals surface area contributed by atoms with Crippen LogP contribution >= 0.6 is 0 Å². The molecule has 0 spiro atoms. The fourth-order valence-corrected chi connectivity index (χ4v) is 0.372. The summed E-state index contributed by atoms with van der Waals surface area (Å²) in [6.07, 6.45) is 2.38. The SMILES string of the molecule is C=C(O)CC/C(N)=C/N. The van der Waals surface area contributed by atoms with Gasteiger partial charge in [0.25, 0.3) is 0 Å². The maximum Gasteiger partial charge on any atom is 0.0854 e. The van der Waals surface area contributed by atoms with E-state index in [0.29, 0.717) is 18.5 Å². The van der Waals surface area contributed by atoms with Crippen LogP contribution in [0.2, 0.25) is 0 Å². The molecule has 3 nitrogen and oxygen atoms in total. The van der Waals surface area contributed by atoms with Gasteiger partial charge >= 0.3 is 0 Å². The molecule has 0 heterocycles. The van der Waals surface area contributed by atoms with E-state index in [2.05, 4.69) is 6.58 Å². The van der Waals surface area contributed by atoms with Gasteiger partial charge in [0.15, 0.2) is 0 Å². The zero-order valence-electron chi connectivity index (χ0n) is 5.30. The Bertz CT molecular complexity index is 129. The van der Waals surface area contributed by atoms with E-state index >= 15 is 0 Å². The van der Waals surface area contributed by atoms with Crippen molar-refractivity contribution in [3.8, 4) is 0 Å². The third kappa shape index (κ3) is 4.74. The fourth-order valence-electron chi connectivity index (χ4n) is 0.372. The normalized spacial score (nSPS) is 11.3. The summed E-state index contributed by atoms with van der Waals surface area (Å²) >= 11 is 0. The van der Waals surface area contributed by atoms with Gasteiger partial charge in [-0.1, -0.05) is 6.58 Å². The van der Waals surface area contributed by atoms with Crippen molar-refractivity contribution in [3.63, 3.8) is 0 Å². The van der Waals surface area contributed by atoms with E-state index in [9.17, 15) is 0 Å². The lowest BCUT2D eigenvalue weighted by atomic mass is 10.2. The van der Waals surface area contributed by atoms with Crippen LogP contribution in [0.1, 0.15) is 12.8 Å². The molecule has 5 N–H and O–H groups in total. The highest BCUT2D eigenvalue weighted by molar-refractivity contribution is 4.96. The van der Waals surface area contributed by atoms with Crippen LogP contribution in [0, 0.1) is 0 Å². The minimum Gasteiger partial charge on any atom is -0.513 e. The Kier molecular flexibility index (Phi) is 3.35. The minimum absolute atomic E-state index is 0.139. The minimum atomic E-state index is 0.139. The van der Waals surface area contributed by atoms with Crippen LogP contribution < -0.4 is 11.5 Å². The zero-order chi connectivity index (χ0) is 7.28. The van der Waals surface area contributed by atoms with Gasteiger partial charge in [-0.05, 0) is 6.42 Å². The number of rotatable bonds is 3. The Morgan fingerprint density at radius 3 is 2.44 bits per heavy atom. The van der Waals surface area contributed by atoms with E-state index < -0.39 is 0 Å². The Hall–Kier alpha value is -1.12. The van der Waals surface area contributed by atoms with Gasteiger partial charge in [0.05, 0.1) is 5.76 Å². The van der Waals surface area contributed by atoms with Crippen molar-refractivity contribution in [2.45, 2.75) is 12.8 Å². The lowest BCUT2D eigenvalue weighted by Crippen LogP contribution is -2.00. The Labute approximate surface area is 54.7 Å². The highest BCUT2D eigenvalue weighted by Gasteiger charge is 1.90. The molecule has 0 fully saturated rings. The van der Waals surface area contributed by atoms with Gasteiger partial charge in [0, 0.05) is 18.3 Å². The van der Waals surface area contributed by atoms with Crippen molar-refractivity contribution in [2.75, 3.05) is 0 Å². The Balaban J connectivity index is 3.39. The van der Waals surface area contributed by atoms with E-state index in [1.807, 2.05) is 0 Å². The molecule has 0 aromatic rings. The highest BCUT2D eigenvalue weighted by Crippen LogP contribution is 2.01. The smallest absolute Gasteiger partial charge is 0.0854 e. The lowest BCUT2D eigenvalue weighted by molar-refractivity contribution is 0.391. The molecule has 0 rings (SSSR count). The van der Waals surface area contributed by atoms with Gasteiger partial charge in [0.2, 0.25) is 0 Å². The molecule has 0 aliphatic heterocycles.